The fraction of sp³-hybridized carbons (Fsp3) is 0.217. The molecule has 1 fully saturated rings. The van der Waals surface area contributed by atoms with Crippen LogP contribution in [0.4, 0.5) is 0 Å². The molecule has 0 bridgehead atoms. The van der Waals surface area contributed by atoms with Gasteiger partial charge in [-0.05, 0) is 29.8 Å². The number of nitrogens with zero attached hydrogens (tertiary/aromatic N) is 1. The molecule has 5 nitrogen and oxygen atoms in total. The smallest absolute Gasteiger partial charge is 0.267 e. The summed E-state index contributed by atoms with van der Waals surface area (Å²) in [6.07, 6.45) is 3.49. The Bertz CT molecular complexity index is 923. The van der Waals surface area contributed by atoms with E-state index in [9.17, 15) is 9.90 Å². The minimum Gasteiger partial charge on any atom is -0.497 e. The molecule has 3 rings (SSSR count). The predicted octanol–water partition coefficient (Wildman–Crippen LogP) is 2.52. The largest absolute Gasteiger partial charge is 0.497 e. The molecule has 3 atom stereocenters. The number of terminal acetylenes is 1. The van der Waals surface area contributed by atoms with E-state index in [1.165, 1.54) is 4.90 Å². The molecule has 0 radical (unpaired) electrons. The molecule has 1 amide bonds. The van der Waals surface area contributed by atoms with Crippen LogP contribution in [0.1, 0.15) is 5.56 Å². The van der Waals surface area contributed by atoms with Crippen LogP contribution < -0.4 is 9.47 Å². The normalized spacial score (nSPS) is 19.0. The molecule has 1 saturated heterocycles. The zero-order chi connectivity index (χ0) is 20.1. The second-order valence-corrected chi connectivity index (χ2v) is 6.28. The van der Waals surface area contributed by atoms with Gasteiger partial charge in [0.05, 0.1) is 13.7 Å². The standard InChI is InChI=1S/C23H21NO4/c1-4-15-24-20(22(23(24)26)28-18-9-7-6-8-10-18)21(25)19(5-2)16-11-13-17(27-3)14-12-16/h1,6-14,20-22,25H,2,15H2,3H3/t20-,21+,22+/m0/s1. The second-order valence-electron chi connectivity index (χ2n) is 6.28. The molecule has 1 heterocycles. The van der Waals surface area contributed by atoms with Crippen LogP contribution in [-0.2, 0) is 4.79 Å². The number of aliphatic hydroxyl groups excluding tert-OH is 1. The fourth-order valence-corrected chi connectivity index (χ4v) is 3.24. The van der Waals surface area contributed by atoms with Crippen LogP contribution in [0.2, 0.25) is 0 Å². The summed E-state index contributed by atoms with van der Waals surface area (Å²) in [5.74, 6) is 3.44. The maximum absolute atomic E-state index is 12.5. The molecule has 1 aliphatic rings. The third-order valence-corrected chi connectivity index (χ3v) is 4.68. The SMILES string of the molecule is C#CCN1C(=O)[C@H](Oc2ccccc2)[C@@H]1[C@H](O)C(=C=C)c1ccc(OC)cc1. The van der Waals surface area contributed by atoms with Crippen LogP contribution in [0.15, 0.2) is 66.9 Å². The lowest BCUT2D eigenvalue weighted by Crippen LogP contribution is -2.71. The molecule has 142 valence electrons. The third-order valence-electron chi connectivity index (χ3n) is 4.68. The van der Waals surface area contributed by atoms with E-state index in [0.717, 1.165) is 5.56 Å². The first kappa shape index (κ1) is 19.3. The Kier molecular flexibility index (Phi) is 5.86. The van der Waals surface area contributed by atoms with Crippen LogP contribution in [0, 0.1) is 12.3 Å². The van der Waals surface area contributed by atoms with Gasteiger partial charge in [-0.2, -0.15) is 0 Å². The Labute approximate surface area is 164 Å². The molecule has 0 aromatic heterocycles. The first-order valence-corrected chi connectivity index (χ1v) is 8.78. The van der Waals surface area contributed by atoms with Gasteiger partial charge < -0.3 is 19.5 Å². The molecule has 0 unspecified atom stereocenters. The molecule has 5 heteroatoms. The highest BCUT2D eigenvalue weighted by Crippen LogP contribution is 2.33. The lowest BCUT2D eigenvalue weighted by Gasteiger charge is -2.47. The second kappa shape index (κ2) is 8.49. The number of ether oxygens (including phenoxy) is 2. The summed E-state index contributed by atoms with van der Waals surface area (Å²) in [7, 11) is 1.58. The van der Waals surface area contributed by atoms with Crippen LogP contribution in [0.25, 0.3) is 5.57 Å². The minimum atomic E-state index is -1.06. The molecule has 1 aliphatic heterocycles. The summed E-state index contributed by atoms with van der Waals surface area (Å²) in [5.41, 5.74) is 3.98. The minimum absolute atomic E-state index is 0.0856. The molecular formula is C23H21NO4. The van der Waals surface area contributed by atoms with Crippen molar-refractivity contribution >= 4 is 11.5 Å². The van der Waals surface area contributed by atoms with Gasteiger partial charge in [0.2, 0.25) is 0 Å². The number of hydrogen-bond donors (Lipinski definition) is 1. The summed E-state index contributed by atoms with van der Waals surface area (Å²) in [6.45, 7) is 3.79. The number of likely N-dealkylation sites (tertiary alicyclic amines) is 1. The van der Waals surface area contributed by atoms with Gasteiger partial charge in [0.25, 0.3) is 5.91 Å². The number of β-lactam (4-membered cyclic amide) rings is 1. The zero-order valence-corrected chi connectivity index (χ0v) is 15.5. The lowest BCUT2D eigenvalue weighted by molar-refractivity contribution is -0.167. The number of para-hydroxylation sites is 1. The Morgan fingerprint density at radius 3 is 2.46 bits per heavy atom. The van der Waals surface area contributed by atoms with E-state index >= 15 is 0 Å². The Hall–Kier alpha value is -3.45. The average molecular weight is 375 g/mol. The van der Waals surface area contributed by atoms with E-state index in [4.69, 9.17) is 15.9 Å². The van der Waals surface area contributed by atoms with Gasteiger partial charge in [-0.25, -0.2) is 0 Å². The van der Waals surface area contributed by atoms with Gasteiger partial charge in [-0.3, -0.25) is 4.79 Å². The highest BCUT2D eigenvalue weighted by molar-refractivity contribution is 5.90. The summed E-state index contributed by atoms with van der Waals surface area (Å²) in [5, 5.41) is 11.1. The number of benzene rings is 2. The first-order valence-electron chi connectivity index (χ1n) is 8.78. The van der Waals surface area contributed by atoms with E-state index in [1.807, 2.05) is 18.2 Å². The summed E-state index contributed by atoms with van der Waals surface area (Å²) in [4.78, 5) is 14.0. The van der Waals surface area contributed by atoms with Gasteiger partial charge in [0.15, 0.2) is 6.10 Å². The number of amides is 1. The number of methoxy groups -OCH3 is 1. The molecule has 0 spiro atoms. The van der Waals surface area contributed by atoms with Crippen molar-refractivity contribution in [3.8, 4) is 23.8 Å². The van der Waals surface area contributed by atoms with Gasteiger partial charge in [0.1, 0.15) is 23.6 Å². The first-order chi connectivity index (χ1) is 13.6. The van der Waals surface area contributed by atoms with E-state index < -0.39 is 18.2 Å². The van der Waals surface area contributed by atoms with Crippen molar-refractivity contribution in [2.45, 2.75) is 18.2 Å². The van der Waals surface area contributed by atoms with E-state index in [2.05, 4.69) is 18.2 Å². The quantitative estimate of drug-likeness (QED) is 0.459. The highest BCUT2D eigenvalue weighted by Gasteiger charge is 2.53. The van der Waals surface area contributed by atoms with E-state index in [0.29, 0.717) is 17.1 Å². The topological polar surface area (TPSA) is 59.0 Å². The van der Waals surface area contributed by atoms with Crippen LogP contribution in [-0.4, -0.2) is 47.8 Å². The van der Waals surface area contributed by atoms with Crippen molar-refractivity contribution in [3.05, 3.63) is 72.5 Å². The third kappa shape index (κ3) is 3.65. The van der Waals surface area contributed by atoms with Gasteiger partial charge in [0, 0.05) is 5.57 Å². The predicted molar refractivity (Wildman–Crippen MR) is 107 cm³/mol. The van der Waals surface area contributed by atoms with Crippen LogP contribution in [0.3, 0.4) is 0 Å². The Balaban J connectivity index is 1.87. The molecule has 0 aliphatic carbocycles. The van der Waals surface area contributed by atoms with Gasteiger partial charge in [-0.15, -0.1) is 12.2 Å². The Morgan fingerprint density at radius 1 is 1.21 bits per heavy atom. The van der Waals surface area contributed by atoms with Crippen molar-refractivity contribution in [1.29, 1.82) is 0 Å². The monoisotopic (exact) mass is 375 g/mol. The van der Waals surface area contributed by atoms with E-state index in [-0.39, 0.29) is 12.5 Å². The number of carbonyl (C=O) groups is 1. The van der Waals surface area contributed by atoms with Crippen molar-refractivity contribution in [1.82, 2.24) is 4.90 Å². The van der Waals surface area contributed by atoms with E-state index in [1.54, 1.807) is 43.5 Å². The molecular weight excluding hydrogens is 354 g/mol. The number of hydrogen-bond acceptors (Lipinski definition) is 4. The van der Waals surface area contributed by atoms with Gasteiger partial charge >= 0.3 is 0 Å². The molecule has 28 heavy (non-hydrogen) atoms. The van der Waals surface area contributed by atoms with Crippen molar-refractivity contribution in [2.24, 2.45) is 0 Å². The summed E-state index contributed by atoms with van der Waals surface area (Å²) in [6, 6.07) is 15.5. The summed E-state index contributed by atoms with van der Waals surface area (Å²) < 4.78 is 11.0. The molecule has 2 aromatic rings. The molecule has 0 saturated carbocycles. The van der Waals surface area contributed by atoms with Crippen molar-refractivity contribution < 1.29 is 19.4 Å². The van der Waals surface area contributed by atoms with Crippen LogP contribution in [0.5, 0.6) is 11.5 Å². The summed E-state index contributed by atoms with van der Waals surface area (Å²) >= 11 is 0. The highest BCUT2D eigenvalue weighted by atomic mass is 16.5. The maximum atomic E-state index is 12.5. The molecule has 1 N–H and O–H groups in total. The number of aliphatic hydroxyl groups is 1. The average Bonchev–Trinajstić information content (AvgIpc) is 2.74. The maximum Gasteiger partial charge on any atom is 0.267 e. The van der Waals surface area contributed by atoms with Crippen molar-refractivity contribution in [2.75, 3.05) is 13.7 Å². The van der Waals surface area contributed by atoms with Gasteiger partial charge in [-0.1, -0.05) is 42.8 Å². The lowest BCUT2D eigenvalue weighted by atomic mass is 9.86. The molecule has 2 aromatic carbocycles. The zero-order valence-electron chi connectivity index (χ0n) is 15.5. The Morgan fingerprint density at radius 2 is 1.89 bits per heavy atom. The number of carbonyl (C=O) groups excluding carboxylic acids is 1. The van der Waals surface area contributed by atoms with Crippen molar-refractivity contribution in [3.63, 3.8) is 0 Å². The number of rotatable bonds is 7. The van der Waals surface area contributed by atoms with Crippen LogP contribution >= 0.6 is 0 Å². The fourth-order valence-electron chi connectivity index (χ4n) is 3.24.